The maximum Gasteiger partial charge on any atom is 0.321 e. The number of nitrogens with one attached hydrogen (secondary N) is 1. The van der Waals surface area contributed by atoms with Crippen LogP contribution in [-0.4, -0.2) is 25.0 Å². The van der Waals surface area contributed by atoms with Crippen molar-refractivity contribution in [2.75, 3.05) is 19.4 Å². The summed E-state index contributed by atoms with van der Waals surface area (Å²) in [5, 5.41) is 11.3. The van der Waals surface area contributed by atoms with Gasteiger partial charge in [-0.25, -0.2) is 4.79 Å². The summed E-state index contributed by atoms with van der Waals surface area (Å²) in [6.45, 7) is 0. The SMILES string of the molecule is CN(C)C(=O)Nc1cccc(CC#N)c1. The van der Waals surface area contributed by atoms with Crippen LogP contribution >= 0.6 is 0 Å². The van der Waals surface area contributed by atoms with Gasteiger partial charge in [-0.15, -0.1) is 0 Å². The molecule has 0 aliphatic carbocycles. The van der Waals surface area contributed by atoms with Gasteiger partial charge in [0.1, 0.15) is 0 Å². The van der Waals surface area contributed by atoms with Crippen LogP contribution in [0, 0.1) is 11.3 Å². The van der Waals surface area contributed by atoms with E-state index in [0.29, 0.717) is 12.1 Å². The molecule has 0 aliphatic heterocycles. The van der Waals surface area contributed by atoms with Gasteiger partial charge in [0.05, 0.1) is 12.5 Å². The first-order chi connectivity index (χ1) is 7.13. The Morgan fingerprint density at radius 2 is 2.27 bits per heavy atom. The van der Waals surface area contributed by atoms with Crippen molar-refractivity contribution in [2.24, 2.45) is 0 Å². The van der Waals surface area contributed by atoms with Crippen molar-refractivity contribution >= 4 is 11.7 Å². The predicted octanol–water partition coefficient (Wildman–Crippen LogP) is 1.85. The Morgan fingerprint density at radius 3 is 2.87 bits per heavy atom. The highest BCUT2D eigenvalue weighted by molar-refractivity contribution is 5.88. The lowest BCUT2D eigenvalue weighted by Gasteiger charge is -2.12. The summed E-state index contributed by atoms with van der Waals surface area (Å²) in [6.07, 6.45) is 0.353. The van der Waals surface area contributed by atoms with Gasteiger partial charge in [-0.05, 0) is 17.7 Å². The van der Waals surface area contributed by atoms with Gasteiger partial charge in [-0.2, -0.15) is 5.26 Å². The number of rotatable bonds is 2. The number of nitriles is 1. The average Bonchev–Trinajstić information content (AvgIpc) is 2.18. The predicted molar refractivity (Wildman–Crippen MR) is 58.5 cm³/mol. The second kappa shape index (κ2) is 5.01. The number of anilines is 1. The van der Waals surface area contributed by atoms with Crippen molar-refractivity contribution in [3.8, 4) is 6.07 Å². The molecule has 0 saturated carbocycles. The van der Waals surface area contributed by atoms with Gasteiger partial charge in [-0.3, -0.25) is 0 Å². The maximum absolute atomic E-state index is 11.3. The molecule has 4 heteroatoms. The van der Waals surface area contributed by atoms with Gasteiger partial charge in [0, 0.05) is 19.8 Å². The number of hydrogen-bond acceptors (Lipinski definition) is 2. The summed E-state index contributed by atoms with van der Waals surface area (Å²) in [7, 11) is 3.35. The van der Waals surface area contributed by atoms with Crippen LogP contribution in [0.1, 0.15) is 5.56 Å². The molecule has 0 fully saturated rings. The molecule has 2 amide bonds. The van der Waals surface area contributed by atoms with E-state index in [1.165, 1.54) is 4.90 Å². The quantitative estimate of drug-likeness (QED) is 0.797. The fraction of sp³-hybridized carbons (Fsp3) is 0.273. The maximum atomic E-state index is 11.3. The van der Waals surface area contributed by atoms with Crippen molar-refractivity contribution in [1.29, 1.82) is 5.26 Å². The Labute approximate surface area is 89.1 Å². The fourth-order valence-corrected chi connectivity index (χ4v) is 1.09. The first-order valence-corrected chi connectivity index (χ1v) is 4.57. The highest BCUT2D eigenvalue weighted by Crippen LogP contribution is 2.11. The molecule has 4 nitrogen and oxygen atoms in total. The molecule has 15 heavy (non-hydrogen) atoms. The number of nitrogens with zero attached hydrogens (tertiary/aromatic N) is 2. The Balaban J connectivity index is 2.74. The lowest BCUT2D eigenvalue weighted by atomic mass is 10.1. The normalized spacial score (nSPS) is 9.13. The Bertz CT molecular complexity index is 393. The number of amides is 2. The summed E-state index contributed by atoms with van der Waals surface area (Å²) in [5.74, 6) is 0. The van der Waals surface area contributed by atoms with Crippen LogP contribution in [0.4, 0.5) is 10.5 Å². The number of carbonyl (C=O) groups excluding carboxylic acids is 1. The molecule has 1 rings (SSSR count). The monoisotopic (exact) mass is 203 g/mol. The molecular formula is C11H13N3O. The topological polar surface area (TPSA) is 56.1 Å². The van der Waals surface area contributed by atoms with E-state index in [2.05, 4.69) is 11.4 Å². The first-order valence-electron chi connectivity index (χ1n) is 4.57. The zero-order chi connectivity index (χ0) is 11.3. The average molecular weight is 203 g/mol. The number of benzene rings is 1. The van der Waals surface area contributed by atoms with E-state index in [0.717, 1.165) is 5.56 Å². The minimum atomic E-state index is -0.177. The van der Waals surface area contributed by atoms with Gasteiger partial charge in [0.25, 0.3) is 0 Å². The van der Waals surface area contributed by atoms with E-state index in [1.807, 2.05) is 12.1 Å². The van der Waals surface area contributed by atoms with E-state index in [-0.39, 0.29) is 6.03 Å². The number of carbonyl (C=O) groups is 1. The molecular weight excluding hydrogens is 190 g/mol. The fourth-order valence-electron chi connectivity index (χ4n) is 1.09. The van der Waals surface area contributed by atoms with E-state index in [4.69, 9.17) is 5.26 Å². The second-order valence-electron chi connectivity index (χ2n) is 3.36. The molecule has 0 aliphatic rings. The third kappa shape index (κ3) is 3.31. The molecule has 0 spiro atoms. The third-order valence-electron chi connectivity index (χ3n) is 1.87. The molecule has 0 unspecified atom stereocenters. The van der Waals surface area contributed by atoms with Crippen LogP contribution in [0.3, 0.4) is 0 Å². The van der Waals surface area contributed by atoms with Crippen molar-refractivity contribution in [2.45, 2.75) is 6.42 Å². The van der Waals surface area contributed by atoms with Crippen molar-refractivity contribution < 1.29 is 4.79 Å². The van der Waals surface area contributed by atoms with Crippen molar-refractivity contribution in [1.82, 2.24) is 4.90 Å². The van der Waals surface area contributed by atoms with Crippen LogP contribution in [0.5, 0.6) is 0 Å². The number of urea groups is 1. The first kappa shape index (κ1) is 11.1. The van der Waals surface area contributed by atoms with E-state index in [1.54, 1.807) is 26.2 Å². The standard InChI is InChI=1S/C11H13N3O/c1-14(2)11(15)13-10-5-3-4-9(8-10)6-7-12/h3-5,8H,6H2,1-2H3,(H,13,15). The lowest BCUT2D eigenvalue weighted by Crippen LogP contribution is -2.27. The summed E-state index contributed by atoms with van der Waals surface area (Å²) in [6, 6.07) is 9.15. The zero-order valence-electron chi connectivity index (χ0n) is 8.82. The molecule has 0 aromatic heterocycles. The van der Waals surface area contributed by atoms with Crippen molar-refractivity contribution in [3.05, 3.63) is 29.8 Å². The molecule has 0 bridgehead atoms. The smallest absolute Gasteiger partial charge is 0.321 e. The van der Waals surface area contributed by atoms with E-state index >= 15 is 0 Å². The summed E-state index contributed by atoms with van der Waals surface area (Å²) >= 11 is 0. The van der Waals surface area contributed by atoms with Crippen molar-refractivity contribution in [3.63, 3.8) is 0 Å². The minimum Gasteiger partial charge on any atom is -0.331 e. The number of hydrogen-bond donors (Lipinski definition) is 1. The lowest BCUT2D eigenvalue weighted by molar-refractivity contribution is 0.230. The highest BCUT2D eigenvalue weighted by Gasteiger charge is 2.03. The van der Waals surface area contributed by atoms with Gasteiger partial charge in [0.15, 0.2) is 0 Å². The zero-order valence-corrected chi connectivity index (χ0v) is 8.82. The molecule has 1 N–H and O–H groups in total. The Morgan fingerprint density at radius 1 is 1.53 bits per heavy atom. The van der Waals surface area contributed by atoms with E-state index < -0.39 is 0 Å². The van der Waals surface area contributed by atoms with Gasteiger partial charge in [-0.1, -0.05) is 12.1 Å². The van der Waals surface area contributed by atoms with Crippen LogP contribution in [0.15, 0.2) is 24.3 Å². The molecule has 1 aromatic rings. The second-order valence-corrected chi connectivity index (χ2v) is 3.36. The van der Waals surface area contributed by atoms with Crippen LogP contribution < -0.4 is 5.32 Å². The molecule has 0 atom stereocenters. The third-order valence-corrected chi connectivity index (χ3v) is 1.87. The van der Waals surface area contributed by atoms with E-state index in [9.17, 15) is 4.79 Å². The van der Waals surface area contributed by atoms with Crippen LogP contribution in [-0.2, 0) is 6.42 Å². The molecule has 78 valence electrons. The Hall–Kier alpha value is -2.02. The van der Waals surface area contributed by atoms with Gasteiger partial charge < -0.3 is 10.2 Å². The molecule has 1 aromatic carbocycles. The highest BCUT2D eigenvalue weighted by atomic mass is 16.2. The van der Waals surface area contributed by atoms with Crippen LogP contribution in [0.2, 0.25) is 0 Å². The molecule has 0 saturated heterocycles. The molecule has 0 radical (unpaired) electrons. The summed E-state index contributed by atoms with van der Waals surface area (Å²) < 4.78 is 0. The largest absolute Gasteiger partial charge is 0.331 e. The minimum absolute atomic E-state index is 0.177. The molecule has 0 heterocycles. The summed E-state index contributed by atoms with van der Waals surface area (Å²) in [4.78, 5) is 12.8. The summed E-state index contributed by atoms with van der Waals surface area (Å²) in [5.41, 5.74) is 1.61. The van der Waals surface area contributed by atoms with Gasteiger partial charge >= 0.3 is 6.03 Å². The van der Waals surface area contributed by atoms with Gasteiger partial charge in [0.2, 0.25) is 0 Å². The Kier molecular flexibility index (Phi) is 3.69. The van der Waals surface area contributed by atoms with Crippen LogP contribution in [0.25, 0.3) is 0 Å².